The third-order valence-electron chi connectivity index (χ3n) is 4.73. The fourth-order valence-corrected chi connectivity index (χ4v) is 4.97. The maximum atomic E-state index is 11.5. The predicted molar refractivity (Wildman–Crippen MR) is 134 cm³/mol. The van der Waals surface area contributed by atoms with Crippen molar-refractivity contribution in [3.05, 3.63) is 34.4 Å². The quantitative estimate of drug-likeness (QED) is 0.0634. The number of aliphatic imine (C=N–C) groups is 1. The highest BCUT2D eigenvalue weighted by Crippen LogP contribution is 2.33. The molecule has 0 N–H and O–H groups in total. The molecule has 0 atom stereocenters. The van der Waals surface area contributed by atoms with E-state index in [1.807, 2.05) is 12.1 Å². The van der Waals surface area contributed by atoms with Crippen LogP contribution in [-0.2, 0) is 0 Å². The summed E-state index contributed by atoms with van der Waals surface area (Å²) in [7, 11) is 0. The van der Waals surface area contributed by atoms with Crippen LogP contribution in [-0.4, -0.2) is 33.2 Å². The molecule has 1 rings (SSSR count). The van der Waals surface area contributed by atoms with Gasteiger partial charge in [0.1, 0.15) is 4.90 Å². The number of para-hydroxylation sites is 1. The molecular weight excluding hydrogens is 414 g/mol. The number of thioether (sulfide) groups is 1. The highest BCUT2D eigenvalue weighted by atomic mass is 32.2. The highest BCUT2D eigenvalue weighted by Gasteiger charge is 2.19. The summed E-state index contributed by atoms with van der Waals surface area (Å²) in [5, 5.41) is 12.5. The van der Waals surface area contributed by atoms with Crippen molar-refractivity contribution in [3.8, 4) is 0 Å². The molecule has 0 aromatic heterocycles. The van der Waals surface area contributed by atoms with E-state index >= 15 is 0 Å². The summed E-state index contributed by atoms with van der Waals surface area (Å²) in [6.45, 7) is 8.28. The largest absolute Gasteiger partial charge is 0.291 e. The number of nitro groups is 1. The maximum Gasteiger partial charge on any atom is 0.284 e. The van der Waals surface area contributed by atoms with Crippen LogP contribution in [0.25, 0.3) is 0 Å². The van der Waals surface area contributed by atoms with Gasteiger partial charge in [0.2, 0.25) is 0 Å². The van der Waals surface area contributed by atoms with Gasteiger partial charge in [-0.2, -0.15) is 0 Å². The van der Waals surface area contributed by atoms with Crippen LogP contribution in [0.1, 0.15) is 85.0 Å². The Kier molecular flexibility index (Phi) is 15.6. The molecule has 0 aliphatic rings. The van der Waals surface area contributed by atoms with Gasteiger partial charge in [0, 0.05) is 19.2 Å². The summed E-state index contributed by atoms with van der Waals surface area (Å²) in [5.41, 5.74) is 0.166. The minimum Gasteiger partial charge on any atom is -0.291 e. The van der Waals surface area contributed by atoms with Crippen LogP contribution in [0, 0.1) is 10.1 Å². The molecule has 0 spiro atoms. The van der Waals surface area contributed by atoms with Crippen LogP contribution in [0.4, 0.5) is 5.69 Å². The summed E-state index contributed by atoms with van der Waals surface area (Å²) in [5.74, 6) is 0.943. The third-order valence-corrected chi connectivity index (χ3v) is 6.86. The van der Waals surface area contributed by atoms with Crippen molar-refractivity contribution in [1.82, 2.24) is 4.31 Å². The van der Waals surface area contributed by atoms with E-state index in [-0.39, 0.29) is 10.6 Å². The van der Waals surface area contributed by atoms with Crippen LogP contribution < -0.4 is 0 Å². The summed E-state index contributed by atoms with van der Waals surface area (Å²) < 4.78 is 2.19. The van der Waals surface area contributed by atoms with E-state index in [0.717, 1.165) is 36.9 Å². The number of amidine groups is 1. The average Bonchev–Trinajstić information content (AvgIpc) is 2.74. The fraction of sp³-hybridized carbons (Fsp3) is 0.696. The van der Waals surface area contributed by atoms with Gasteiger partial charge in [0.25, 0.3) is 5.69 Å². The van der Waals surface area contributed by atoms with Crippen molar-refractivity contribution in [2.45, 2.75) is 89.9 Å². The van der Waals surface area contributed by atoms with Gasteiger partial charge >= 0.3 is 0 Å². The number of hydrogen-bond acceptors (Lipinski definition) is 5. The smallest absolute Gasteiger partial charge is 0.284 e. The van der Waals surface area contributed by atoms with Crippen LogP contribution in [0.5, 0.6) is 0 Å². The van der Waals surface area contributed by atoms with Crippen molar-refractivity contribution in [2.75, 3.05) is 18.8 Å². The molecule has 0 radical (unpaired) electrons. The fourth-order valence-electron chi connectivity index (χ4n) is 3.06. The Bertz CT molecular complexity index is 626. The van der Waals surface area contributed by atoms with E-state index in [4.69, 9.17) is 4.99 Å². The zero-order valence-electron chi connectivity index (χ0n) is 19.0. The van der Waals surface area contributed by atoms with Gasteiger partial charge in [-0.05, 0) is 36.6 Å². The SMILES string of the molecule is CCCCCCCN=C(SCC)N(CCCCCCC)Sc1ccccc1[N+](=O)[O-]. The number of hydrogen-bond donors (Lipinski definition) is 0. The molecule has 1 aromatic carbocycles. The molecule has 0 heterocycles. The van der Waals surface area contributed by atoms with E-state index in [1.54, 1.807) is 23.9 Å². The van der Waals surface area contributed by atoms with E-state index in [9.17, 15) is 10.1 Å². The van der Waals surface area contributed by atoms with Gasteiger partial charge in [-0.25, -0.2) is 0 Å². The standard InChI is InChI=1S/C23H39N3O2S2/c1-4-7-9-11-15-19-24-23(29-6-3)25(20-16-12-10-8-5-2)30-22-18-14-13-17-21(22)26(27)28/h13-14,17-18H,4-12,15-16,19-20H2,1-3H3. The molecule has 0 saturated heterocycles. The summed E-state index contributed by atoms with van der Waals surface area (Å²) >= 11 is 3.21. The second-order valence-corrected chi connectivity index (χ2v) is 9.64. The summed E-state index contributed by atoms with van der Waals surface area (Å²) in [6, 6.07) is 7.01. The topological polar surface area (TPSA) is 58.7 Å². The van der Waals surface area contributed by atoms with Gasteiger partial charge < -0.3 is 0 Å². The number of benzene rings is 1. The van der Waals surface area contributed by atoms with Gasteiger partial charge in [-0.1, -0.05) is 96.0 Å². The molecule has 0 bridgehead atoms. The van der Waals surface area contributed by atoms with Crippen molar-refractivity contribution < 1.29 is 4.92 Å². The van der Waals surface area contributed by atoms with Gasteiger partial charge in [0.05, 0.1) is 4.92 Å². The Morgan fingerprint density at radius 1 is 0.967 bits per heavy atom. The van der Waals surface area contributed by atoms with E-state index < -0.39 is 0 Å². The van der Waals surface area contributed by atoms with Crippen molar-refractivity contribution in [1.29, 1.82) is 0 Å². The first-order valence-electron chi connectivity index (χ1n) is 11.5. The Hall–Kier alpha value is -1.21. The minimum atomic E-state index is -0.292. The molecule has 0 aliphatic carbocycles. The second-order valence-electron chi connectivity index (χ2n) is 7.34. The zero-order valence-corrected chi connectivity index (χ0v) is 20.6. The first-order valence-corrected chi connectivity index (χ1v) is 13.3. The molecule has 30 heavy (non-hydrogen) atoms. The Morgan fingerprint density at radius 2 is 1.60 bits per heavy atom. The minimum absolute atomic E-state index is 0.166. The number of nitrogens with zero attached hydrogens (tertiary/aromatic N) is 3. The molecule has 0 amide bonds. The first-order chi connectivity index (χ1) is 14.6. The number of rotatable bonds is 16. The van der Waals surface area contributed by atoms with Crippen LogP contribution in [0.3, 0.4) is 0 Å². The molecule has 1 aromatic rings. The van der Waals surface area contributed by atoms with Gasteiger partial charge in [-0.15, -0.1) is 0 Å². The number of nitro benzene ring substituents is 1. The lowest BCUT2D eigenvalue weighted by molar-refractivity contribution is -0.387. The van der Waals surface area contributed by atoms with Crippen LogP contribution in [0.15, 0.2) is 34.2 Å². The Labute approximate surface area is 191 Å². The number of unbranched alkanes of at least 4 members (excludes halogenated alkanes) is 8. The van der Waals surface area contributed by atoms with Crippen molar-refractivity contribution in [2.24, 2.45) is 4.99 Å². The predicted octanol–water partition coefficient (Wildman–Crippen LogP) is 7.95. The van der Waals surface area contributed by atoms with E-state index in [0.29, 0.717) is 4.90 Å². The third kappa shape index (κ3) is 11.3. The van der Waals surface area contributed by atoms with E-state index in [1.165, 1.54) is 63.3 Å². The Balaban J connectivity index is 2.87. The molecule has 0 saturated carbocycles. The Morgan fingerprint density at radius 3 is 2.23 bits per heavy atom. The van der Waals surface area contributed by atoms with Crippen molar-refractivity contribution >= 4 is 34.6 Å². The summed E-state index contributed by atoms with van der Waals surface area (Å²) in [4.78, 5) is 16.8. The lowest BCUT2D eigenvalue weighted by Crippen LogP contribution is -2.24. The lowest BCUT2D eigenvalue weighted by atomic mass is 10.1. The first kappa shape index (κ1) is 26.8. The average molecular weight is 454 g/mol. The molecule has 0 unspecified atom stereocenters. The molecule has 0 fully saturated rings. The molecule has 7 heteroatoms. The van der Waals surface area contributed by atoms with E-state index in [2.05, 4.69) is 25.1 Å². The highest BCUT2D eigenvalue weighted by molar-refractivity contribution is 8.15. The molecular formula is C23H39N3O2S2. The van der Waals surface area contributed by atoms with Crippen molar-refractivity contribution in [3.63, 3.8) is 0 Å². The monoisotopic (exact) mass is 453 g/mol. The second kappa shape index (κ2) is 17.5. The molecule has 5 nitrogen and oxygen atoms in total. The molecule has 0 aliphatic heterocycles. The zero-order chi connectivity index (χ0) is 22.0. The maximum absolute atomic E-state index is 11.5. The lowest BCUT2D eigenvalue weighted by Gasteiger charge is -2.24. The van der Waals surface area contributed by atoms with Crippen LogP contribution >= 0.6 is 23.7 Å². The summed E-state index contributed by atoms with van der Waals surface area (Å²) in [6.07, 6.45) is 12.1. The molecule has 170 valence electrons. The van der Waals surface area contributed by atoms with Gasteiger partial charge in [0.15, 0.2) is 5.17 Å². The normalized spacial score (nSPS) is 11.6. The van der Waals surface area contributed by atoms with Gasteiger partial charge in [-0.3, -0.25) is 19.4 Å². The van der Waals surface area contributed by atoms with Crippen LogP contribution in [0.2, 0.25) is 0 Å².